The van der Waals surface area contributed by atoms with Crippen molar-refractivity contribution in [1.82, 2.24) is 14.8 Å². The highest BCUT2D eigenvalue weighted by Crippen LogP contribution is 2.26. The van der Waals surface area contributed by atoms with Crippen LogP contribution in [0, 0.1) is 19.3 Å². The van der Waals surface area contributed by atoms with Gasteiger partial charge in [-0.25, -0.2) is 0 Å². The number of aryl methyl sites for hydroxylation is 1. The zero-order chi connectivity index (χ0) is 15.8. The van der Waals surface area contributed by atoms with E-state index in [2.05, 4.69) is 32.8 Å². The third kappa shape index (κ3) is 2.14. The Morgan fingerprint density at radius 3 is 2.70 bits per heavy atom. The van der Waals surface area contributed by atoms with Gasteiger partial charge in [0.25, 0.3) is 0 Å². The van der Waals surface area contributed by atoms with E-state index in [-0.39, 0.29) is 0 Å². The summed E-state index contributed by atoms with van der Waals surface area (Å²) in [5, 5.41) is 8.43. The predicted octanol–water partition coefficient (Wildman–Crippen LogP) is 2.91. The van der Waals surface area contributed by atoms with Crippen LogP contribution in [0.1, 0.15) is 28.3 Å². The van der Waals surface area contributed by atoms with Crippen molar-refractivity contribution in [3.8, 4) is 18.0 Å². The van der Waals surface area contributed by atoms with E-state index in [0.717, 1.165) is 39.7 Å². The van der Waals surface area contributed by atoms with Gasteiger partial charge in [0.15, 0.2) is 5.82 Å². The Hall–Kier alpha value is -3.19. The lowest BCUT2D eigenvalue weighted by Crippen LogP contribution is -2.08. The van der Waals surface area contributed by atoms with Crippen molar-refractivity contribution in [3.63, 3.8) is 0 Å². The number of aliphatic imine (C=N–C) groups is 1. The molecule has 4 rings (SSSR count). The van der Waals surface area contributed by atoms with Gasteiger partial charge in [0, 0.05) is 16.7 Å². The Labute approximate surface area is 134 Å². The van der Waals surface area contributed by atoms with Crippen LogP contribution in [0.4, 0.5) is 0 Å². The highest BCUT2D eigenvalue weighted by Gasteiger charge is 2.21. The maximum atomic E-state index is 5.59. The van der Waals surface area contributed by atoms with Crippen LogP contribution >= 0.6 is 0 Å². The van der Waals surface area contributed by atoms with Crippen LogP contribution in [-0.4, -0.2) is 20.5 Å². The highest BCUT2D eigenvalue weighted by molar-refractivity contribution is 6.15. The fourth-order valence-electron chi connectivity index (χ4n) is 2.91. The molecule has 0 spiro atoms. The molecular weight excluding hydrogens is 284 g/mol. The van der Waals surface area contributed by atoms with Crippen molar-refractivity contribution in [2.45, 2.75) is 13.5 Å². The van der Waals surface area contributed by atoms with E-state index in [1.54, 1.807) is 0 Å². The first-order chi connectivity index (χ1) is 11.3. The van der Waals surface area contributed by atoms with Gasteiger partial charge in [0.2, 0.25) is 0 Å². The summed E-state index contributed by atoms with van der Waals surface area (Å²) in [5.41, 5.74) is 4.86. The van der Waals surface area contributed by atoms with Crippen LogP contribution in [0.5, 0.6) is 0 Å². The molecule has 4 heteroatoms. The van der Waals surface area contributed by atoms with E-state index in [9.17, 15) is 0 Å². The number of aromatic nitrogens is 3. The first kappa shape index (κ1) is 13.5. The molecule has 1 aromatic heterocycles. The van der Waals surface area contributed by atoms with E-state index in [0.29, 0.717) is 6.54 Å². The Morgan fingerprint density at radius 1 is 1.09 bits per heavy atom. The van der Waals surface area contributed by atoms with Gasteiger partial charge in [0.05, 0.1) is 11.4 Å². The number of rotatable bonds is 1. The molecule has 0 unspecified atom stereocenters. The number of nitrogens with zero attached hydrogens (tertiary/aromatic N) is 4. The summed E-state index contributed by atoms with van der Waals surface area (Å²) < 4.78 is 2.05. The zero-order valence-corrected chi connectivity index (χ0v) is 12.7. The molecule has 0 N–H and O–H groups in total. The molecule has 0 atom stereocenters. The van der Waals surface area contributed by atoms with Gasteiger partial charge in [-0.3, -0.25) is 9.56 Å². The van der Waals surface area contributed by atoms with Gasteiger partial charge < -0.3 is 0 Å². The average Bonchev–Trinajstić information content (AvgIpc) is 2.88. The minimum atomic E-state index is 0.491. The van der Waals surface area contributed by atoms with Crippen LogP contribution in [0.15, 0.2) is 53.5 Å². The summed E-state index contributed by atoms with van der Waals surface area (Å²) in [7, 11) is 0. The zero-order valence-electron chi connectivity index (χ0n) is 12.7. The van der Waals surface area contributed by atoms with E-state index in [1.807, 2.05) is 43.3 Å². The van der Waals surface area contributed by atoms with Crippen molar-refractivity contribution in [3.05, 3.63) is 76.9 Å². The van der Waals surface area contributed by atoms with Crippen LogP contribution in [0.25, 0.3) is 5.69 Å². The standard InChI is InChI=1S/C19H14N4/c1-3-14-9-10-17-16(11-14)19(15-7-5-4-6-8-15)20-12-18-22-21-13(2)23(17)18/h1,4-11H,12H2,2H3. The molecule has 23 heavy (non-hydrogen) atoms. The minimum absolute atomic E-state index is 0.491. The molecular formula is C19H14N4. The van der Waals surface area contributed by atoms with Gasteiger partial charge in [-0.15, -0.1) is 16.6 Å². The Bertz CT molecular complexity index is 959. The van der Waals surface area contributed by atoms with Crippen molar-refractivity contribution in [1.29, 1.82) is 0 Å². The van der Waals surface area contributed by atoms with Crippen molar-refractivity contribution in [2.24, 2.45) is 4.99 Å². The summed E-state index contributed by atoms with van der Waals surface area (Å²) in [5.74, 6) is 4.39. The van der Waals surface area contributed by atoms with Gasteiger partial charge in [-0.05, 0) is 25.1 Å². The molecule has 0 amide bonds. The number of hydrogen-bond donors (Lipinski definition) is 0. The first-order valence-electron chi connectivity index (χ1n) is 7.40. The molecule has 3 aromatic rings. The fourth-order valence-corrected chi connectivity index (χ4v) is 2.91. The first-order valence-corrected chi connectivity index (χ1v) is 7.40. The second-order valence-corrected chi connectivity index (χ2v) is 5.41. The molecule has 0 saturated heterocycles. The third-order valence-electron chi connectivity index (χ3n) is 3.98. The van der Waals surface area contributed by atoms with E-state index >= 15 is 0 Å². The Morgan fingerprint density at radius 2 is 1.91 bits per heavy atom. The quantitative estimate of drug-likeness (QED) is 0.648. The summed E-state index contributed by atoms with van der Waals surface area (Å²) in [6, 6.07) is 16.1. The Balaban J connectivity index is 2.02. The smallest absolute Gasteiger partial charge is 0.159 e. The Kier molecular flexibility index (Phi) is 3.06. The monoisotopic (exact) mass is 298 g/mol. The van der Waals surface area contributed by atoms with Crippen LogP contribution in [-0.2, 0) is 6.54 Å². The molecule has 2 aromatic carbocycles. The maximum Gasteiger partial charge on any atom is 0.159 e. The second-order valence-electron chi connectivity index (χ2n) is 5.41. The normalized spacial score (nSPS) is 12.6. The lowest BCUT2D eigenvalue weighted by Gasteiger charge is -2.13. The van der Waals surface area contributed by atoms with Crippen molar-refractivity contribution < 1.29 is 0 Å². The number of terminal acetylenes is 1. The summed E-state index contributed by atoms with van der Waals surface area (Å²) in [6.45, 7) is 2.44. The van der Waals surface area contributed by atoms with E-state index < -0.39 is 0 Å². The average molecular weight is 298 g/mol. The molecule has 0 aliphatic carbocycles. The molecule has 1 aliphatic heterocycles. The van der Waals surface area contributed by atoms with Crippen LogP contribution in [0.3, 0.4) is 0 Å². The summed E-state index contributed by atoms with van der Waals surface area (Å²) in [6.07, 6.45) is 5.59. The fraction of sp³-hybridized carbons (Fsp3) is 0.105. The molecule has 0 fully saturated rings. The molecule has 4 nitrogen and oxygen atoms in total. The lowest BCUT2D eigenvalue weighted by molar-refractivity contribution is 0.861. The predicted molar refractivity (Wildman–Crippen MR) is 89.8 cm³/mol. The number of fused-ring (bicyclic) bond motifs is 3. The topological polar surface area (TPSA) is 43.1 Å². The SMILES string of the molecule is C#Cc1ccc2c(c1)C(c1ccccc1)=NCc1nnc(C)n1-2. The van der Waals surface area contributed by atoms with Crippen molar-refractivity contribution >= 4 is 5.71 Å². The summed E-state index contributed by atoms with van der Waals surface area (Å²) in [4.78, 5) is 4.79. The lowest BCUT2D eigenvalue weighted by atomic mass is 9.98. The number of hydrogen-bond acceptors (Lipinski definition) is 3. The minimum Gasteiger partial charge on any atom is -0.281 e. The number of benzene rings is 2. The van der Waals surface area contributed by atoms with Gasteiger partial charge in [-0.2, -0.15) is 0 Å². The summed E-state index contributed by atoms with van der Waals surface area (Å²) >= 11 is 0. The van der Waals surface area contributed by atoms with Crippen LogP contribution in [0.2, 0.25) is 0 Å². The molecule has 1 aliphatic rings. The van der Waals surface area contributed by atoms with Gasteiger partial charge in [-0.1, -0.05) is 36.3 Å². The van der Waals surface area contributed by atoms with Crippen molar-refractivity contribution in [2.75, 3.05) is 0 Å². The van der Waals surface area contributed by atoms with E-state index in [1.165, 1.54) is 0 Å². The second kappa shape index (κ2) is 5.22. The molecule has 0 radical (unpaired) electrons. The highest BCUT2D eigenvalue weighted by atomic mass is 15.3. The molecule has 110 valence electrons. The molecule has 0 saturated carbocycles. The molecule has 2 heterocycles. The molecule has 0 bridgehead atoms. The van der Waals surface area contributed by atoms with Gasteiger partial charge >= 0.3 is 0 Å². The largest absolute Gasteiger partial charge is 0.281 e. The third-order valence-corrected chi connectivity index (χ3v) is 3.98. The van der Waals surface area contributed by atoms with Gasteiger partial charge in [0.1, 0.15) is 12.4 Å². The van der Waals surface area contributed by atoms with E-state index in [4.69, 9.17) is 11.4 Å². The van der Waals surface area contributed by atoms with Crippen LogP contribution < -0.4 is 0 Å². The maximum absolute atomic E-state index is 5.59.